The van der Waals surface area contributed by atoms with E-state index in [9.17, 15) is 23.2 Å². The molecular weight excluding hydrogens is 408 g/mol. The van der Waals surface area contributed by atoms with E-state index in [1.165, 1.54) is 13.1 Å². The minimum atomic E-state index is -1.20. The molecule has 1 unspecified atom stereocenters. The number of aromatic amines is 1. The molecule has 0 aliphatic heterocycles. The van der Waals surface area contributed by atoms with Crippen LogP contribution in [0.2, 0.25) is 0 Å². The topological polar surface area (TPSA) is 109 Å². The van der Waals surface area contributed by atoms with Crippen LogP contribution >= 0.6 is 0 Å². The third-order valence-corrected chi connectivity index (χ3v) is 5.25. The molecular formula is C21H23F2N5O3. The van der Waals surface area contributed by atoms with E-state index in [2.05, 4.69) is 20.7 Å². The lowest BCUT2D eigenvalue weighted by molar-refractivity contribution is -0.128. The highest BCUT2D eigenvalue weighted by Crippen LogP contribution is 2.22. The molecule has 31 heavy (non-hydrogen) atoms. The molecule has 164 valence electrons. The van der Waals surface area contributed by atoms with Crippen LogP contribution < -0.4 is 16.2 Å². The fourth-order valence-electron chi connectivity index (χ4n) is 3.66. The van der Waals surface area contributed by atoms with Crippen LogP contribution in [0.25, 0.3) is 11.0 Å². The number of H-pyrrole nitrogens is 1. The molecule has 0 saturated carbocycles. The normalized spacial score (nSPS) is 12.1. The smallest absolute Gasteiger partial charge is 0.253 e. The van der Waals surface area contributed by atoms with E-state index >= 15 is 0 Å². The summed E-state index contributed by atoms with van der Waals surface area (Å²) in [6, 6.07) is 1.78. The van der Waals surface area contributed by atoms with Crippen LogP contribution in [-0.4, -0.2) is 33.6 Å². The predicted molar refractivity (Wildman–Crippen MR) is 110 cm³/mol. The van der Waals surface area contributed by atoms with Gasteiger partial charge >= 0.3 is 0 Å². The molecule has 0 bridgehead atoms. The van der Waals surface area contributed by atoms with Crippen LogP contribution in [0.5, 0.6) is 0 Å². The molecule has 0 radical (unpaired) electrons. The lowest BCUT2D eigenvalue weighted by Crippen LogP contribution is -2.39. The Kier molecular flexibility index (Phi) is 6.19. The summed E-state index contributed by atoms with van der Waals surface area (Å²) in [6.07, 6.45) is 0.0570. The molecule has 0 aliphatic carbocycles. The van der Waals surface area contributed by atoms with Crippen LogP contribution in [0.4, 0.5) is 8.78 Å². The average Bonchev–Trinajstić information content (AvgIpc) is 3.00. The zero-order valence-electron chi connectivity index (χ0n) is 17.6. The van der Waals surface area contributed by atoms with Crippen molar-refractivity contribution in [3.8, 4) is 0 Å². The van der Waals surface area contributed by atoms with Crippen molar-refractivity contribution in [2.45, 2.75) is 32.7 Å². The maximum absolute atomic E-state index is 13.6. The number of aryl methyl sites for hydroxylation is 3. The number of hydrogen-bond acceptors (Lipinski definition) is 4. The van der Waals surface area contributed by atoms with Gasteiger partial charge < -0.3 is 15.6 Å². The maximum atomic E-state index is 13.6. The summed E-state index contributed by atoms with van der Waals surface area (Å²) < 4.78 is 28.4. The molecule has 2 heterocycles. The molecule has 3 rings (SSSR count). The van der Waals surface area contributed by atoms with E-state index in [-0.39, 0.29) is 24.0 Å². The van der Waals surface area contributed by atoms with Crippen molar-refractivity contribution >= 4 is 22.8 Å². The van der Waals surface area contributed by atoms with E-state index in [0.717, 1.165) is 28.8 Å². The SMILES string of the molecule is CNC(=O)C(NC(=O)CCc1c(C)c2c(C)nn(C)c2[nH]c1=O)c1ccc(F)c(F)c1. The van der Waals surface area contributed by atoms with Gasteiger partial charge in [-0.2, -0.15) is 5.10 Å². The first kappa shape index (κ1) is 22.1. The quantitative estimate of drug-likeness (QED) is 0.552. The number of likely N-dealkylation sites (N-methyl/N-ethyl adjacent to an activating group) is 1. The number of carbonyl (C=O) groups is 2. The van der Waals surface area contributed by atoms with Crippen LogP contribution in [0.15, 0.2) is 23.0 Å². The van der Waals surface area contributed by atoms with Crippen molar-refractivity contribution in [3.63, 3.8) is 0 Å². The summed E-state index contributed by atoms with van der Waals surface area (Å²) in [5.41, 5.74) is 2.34. The zero-order valence-corrected chi connectivity index (χ0v) is 17.6. The fraction of sp³-hybridized carbons (Fsp3) is 0.333. The summed E-state index contributed by atoms with van der Waals surface area (Å²) in [7, 11) is 3.10. The highest BCUT2D eigenvalue weighted by Gasteiger charge is 2.23. The minimum Gasteiger partial charge on any atom is -0.357 e. The first-order valence-electron chi connectivity index (χ1n) is 9.65. The molecule has 3 aromatic rings. The van der Waals surface area contributed by atoms with Crippen molar-refractivity contribution in [2.75, 3.05) is 7.05 Å². The van der Waals surface area contributed by atoms with Crippen molar-refractivity contribution in [3.05, 3.63) is 62.6 Å². The van der Waals surface area contributed by atoms with E-state index in [0.29, 0.717) is 11.2 Å². The van der Waals surface area contributed by atoms with Gasteiger partial charge in [0.25, 0.3) is 5.56 Å². The van der Waals surface area contributed by atoms with Gasteiger partial charge in [-0.3, -0.25) is 19.1 Å². The van der Waals surface area contributed by atoms with E-state index in [1.54, 1.807) is 18.7 Å². The van der Waals surface area contributed by atoms with Crippen LogP contribution in [0.3, 0.4) is 0 Å². The van der Waals surface area contributed by atoms with Crippen LogP contribution in [-0.2, 0) is 23.1 Å². The Labute approximate surface area is 176 Å². The van der Waals surface area contributed by atoms with Crippen LogP contribution in [0, 0.1) is 25.5 Å². The molecule has 3 N–H and O–H groups in total. The highest BCUT2D eigenvalue weighted by molar-refractivity contribution is 5.88. The number of amides is 2. The minimum absolute atomic E-state index is 0.0775. The Balaban J connectivity index is 1.81. The summed E-state index contributed by atoms with van der Waals surface area (Å²) in [5.74, 6) is -3.27. The molecule has 0 fully saturated rings. The van der Waals surface area contributed by atoms with Gasteiger partial charge in [-0.15, -0.1) is 0 Å². The number of fused-ring (bicyclic) bond motifs is 1. The number of pyridine rings is 1. The van der Waals surface area contributed by atoms with Crippen molar-refractivity contribution in [2.24, 2.45) is 7.05 Å². The number of nitrogens with one attached hydrogen (secondary N) is 3. The number of benzene rings is 1. The second kappa shape index (κ2) is 8.66. The van der Waals surface area contributed by atoms with Crippen molar-refractivity contribution < 1.29 is 18.4 Å². The number of nitrogens with zero attached hydrogens (tertiary/aromatic N) is 2. The molecule has 1 aromatic carbocycles. The number of carbonyl (C=O) groups excluding carboxylic acids is 2. The molecule has 1 atom stereocenters. The summed E-state index contributed by atoms with van der Waals surface area (Å²) in [4.78, 5) is 40.1. The summed E-state index contributed by atoms with van der Waals surface area (Å²) in [5, 5.41) is 10.0. The van der Waals surface area contributed by atoms with E-state index in [1.807, 2.05) is 6.92 Å². The summed E-state index contributed by atoms with van der Waals surface area (Å²) >= 11 is 0. The average molecular weight is 431 g/mol. The third-order valence-electron chi connectivity index (χ3n) is 5.25. The lowest BCUT2D eigenvalue weighted by atomic mass is 10.0. The Morgan fingerprint density at radius 3 is 2.58 bits per heavy atom. The number of hydrogen-bond donors (Lipinski definition) is 3. The van der Waals surface area contributed by atoms with Gasteiger partial charge in [0, 0.05) is 31.5 Å². The Morgan fingerprint density at radius 1 is 1.23 bits per heavy atom. The van der Waals surface area contributed by atoms with Gasteiger partial charge in [0.2, 0.25) is 11.8 Å². The first-order chi connectivity index (χ1) is 14.6. The molecule has 2 amide bonds. The van der Waals surface area contributed by atoms with Gasteiger partial charge in [-0.25, -0.2) is 8.78 Å². The molecule has 0 spiro atoms. The zero-order chi connectivity index (χ0) is 22.9. The monoisotopic (exact) mass is 431 g/mol. The number of aromatic nitrogens is 3. The van der Waals surface area contributed by atoms with E-state index < -0.39 is 29.5 Å². The second-order valence-electron chi connectivity index (χ2n) is 7.28. The maximum Gasteiger partial charge on any atom is 0.253 e. The predicted octanol–water partition coefficient (Wildman–Crippen LogP) is 1.69. The van der Waals surface area contributed by atoms with Gasteiger partial charge in [-0.1, -0.05) is 6.07 Å². The van der Waals surface area contributed by atoms with Gasteiger partial charge in [0.15, 0.2) is 11.6 Å². The standard InChI is InChI=1S/C21H23F2N5O3/c1-10-13(20(30)26-19-17(10)11(2)27-28(19)4)6-8-16(29)25-18(21(31)24-3)12-5-7-14(22)15(23)9-12/h5,7,9,18H,6,8H2,1-4H3,(H,24,31)(H,25,29)(H,26,30). The number of rotatable bonds is 6. The highest BCUT2D eigenvalue weighted by atomic mass is 19.2. The summed E-state index contributed by atoms with van der Waals surface area (Å²) in [6.45, 7) is 3.63. The molecule has 2 aromatic heterocycles. The Bertz CT molecular complexity index is 1230. The first-order valence-corrected chi connectivity index (χ1v) is 9.65. The van der Waals surface area contributed by atoms with Gasteiger partial charge in [0.05, 0.1) is 5.69 Å². The molecule has 8 nitrogen and oxygen atoms in total. The third kappa shape index (κ3) is 4.32. The number of halogens is 2. The van der Waals surface area contributed by atoms with Crippen molar-refractivity contribution in [1.82, 2.24) is 25.4 Å². The largest absolute Gasteiger partial charge is 0.357 e. The van der Waals surface area contributed by atoms with E-state index in [4.69, 9.17) is 0 Å². The van der Waals surface area contributed by atoms with Crippen molar-refractivity contribution in [1.29, 1.82) is 0 Å². The molecule has 0 saturated heterocycles. The molecule has 0 aliphatic rings. The van der Waals surface area contributed by atoms with Crippen LogP contribution in [0.1, 0.15) is 34.8 Å². The fourth-order valence-corrected chi connectivity index (χ4v) is 3.66. The molecule has 10 heteroatoms. The van der Waals surface area contributed by atoms with Gasteiger partial charge in [-0.05, 0) is 43.5 Å². The van der Waals surface area contributed by atoms with Gasteiger partial charge in [0.1, 0.15) is 11.7 Å². The lowest BCUT2D eigenvalue weighted by Gasteiger charge is -2.18. The Morgan fingerprint density at radius 2 is 1.94 bits per heavy atom. The Hall–Kier alpha value is -3.56. The second-order valence-corrected chi connectivity index (χ2v) is 7.28.